The highest BCUT2D eigenvalue weighted by Crippen LogP contribution is 2.30. The molecule has 0 bridgehead atoms. The average molecular weight is 279 g/mol. The number of amides is 1. The van der Waals surface area contributed by atoms with E-state index in [2.05, 4.69) is 0 Å². The first-order chi connectivity index (χ1) is 9.11. The van der Waals surface area contributed by atoms with Crippen molar-refractivity contribution in [3.05, 3.63) is 29.8 Å². The van der Waals surface area contributed by atoms with Crippen molar-refractivity contribution >= 4 is 28.5 Å². The van der Waals surface area contributed by atoms with Crippen molar-refractivity contribution in [2.45, 2.75) is 25.0 Å². The van der Waals surface area contributed by atoms with Gasteiger partial charge in [0.15, 0.2) is 5.12 Å². The molecule has 5 heteroatoms. The Bertz CT molecular complexity index is 489. The predicted molar refractivity (Wildman–Crippen MR) is 76.3 cm³/mol. The van der Waals surface area contributed by atoms with Crippen LogP contribution < -0.4 is 4.90 Å². The van der Waals surface area contributed by atoms with Gasteiger partial charge in [-0.1, -0.05) is 30.0 Å². The Labute approximate surface area is 116 Å². The van der Waals surface area contributed by atoms with Crippen LogP contribution in [0.3, 0.4) is 0 Å². The van der Waals surface area contributed by atoms with Crippen molar-refractivity contribution in [1.82, 2.24) is 0 Å². The van der Waals surface area contributed by atoms with Crippen LogP contribution in [0.5, 0.6) is 0 Å². The number of hydrogen-bond donors (Lipinski definition) is 1. The lowest BCUT2D eigenvalue weighted by molar-refractivity contribution is -0.117. The van der Waals surface area contributed by atoms with Crippen LogP contribution in [0.25, 0.3) is 0 Å². The normalized spacial score (nSPS) is 18.9. The molecule has 1 amide bonds. The lowest BCUT2D eigenvalue weighted by Gasteiger charge is -2.20. The fourth-order valence-electron chi connectivity index (χ4n) is 2.33. The highest BCUT2D eigenvalue weighted by Gasteiger charge is 2.32. The van der Waals surface area contributed by atoms with E-state index in [0.29, 0.717) is 19.4 Å². The van der Waals surface area contributed by atoms with Crippen molar-refractivity contribution in [3.63, 3.8) is 0 Å². The summed E-state index contributed by atoms with van der Waals surface area (Å²) in [5.74, 6) is 0.0455. The molecule has 102 valence electrons. The van der Waals surface area contributed by atoms with E-state index in [0.717, 1.165) is 11.3 Å². The zero-order chi connectivity index (χ0) is 13.8. The molecule has 1 unspecified atom stereocenters. The van der Waals surface area contributed by atoms with E-state index in [1.165, 1.54) is 18.7 Å². The highest BCUT2D eigenvalue weighted by atomic mass is 32.2. The number of anilines is 1. The fraction of sp³-hybridized carbons (Fsp3) is 0.429. The number of carbonyl (C=O) groups is 2. The lowest BCUT2D eigenvalue weighted by atomic mass is 10.1. The van der Waals surface area contributed by atoms with Crippen LogP contribution in [-0.4, -0.2) is 34.5 Å². The molecule has 1 saturated heterocycles. The Hall–Kier alpha value is -1.33. The van der Waals surface area contributed by atoms with E-state index in [4.69, 9.17) is 5.11 Å². The van der Waals surface area contributed by atoms with Crippen molar-refractivity contribution in [3.8, 4) is 0 Å². The lowest BCUT2D eigenvalue weighted by Crippen LogP contribution is -2.26. The van der Waals surface area contributed by atoms with E-state index in [9.17, 15) is 9.59 Å². The quantitative estimate of drug-likeness (QED) is 0.909. The maximum atomic E-state index is 12.1. The monoisotopic (exact) mass is 279 g/mol. The third-order valence-corrected chi connectivity index (χ3v) is 4.07. The number of aliphatic hydroxyl groups excluding tert-OH is 1. The summed E-state index contributed by atoms with van der Waals surface area (Å²) in [6, 6.07) is 7.60. The van der Waals surface area contributed by atoms with Gasteiger partial charge in [-0.25, -0.2) is 0 Å². The Kier molecular flexibility index (Phi) is 4.61. The van der Waals surface area contributed by atoms with Gasteiger partial charge in [-0.3, -0.25) is 9.59 Å². The maximum absolute atomic E-state index is 12.1. The van der Waals surface area contributed by atoms with Gasteiger partial charge in [0.25, 0.3) is 0 Å². The van der Waals surface area contributed by atoms with E-state index in [-0.39, 0.29) is 22.9 Å². The summed E-state index contributed by atoms with van der Waals surface area (Å²) in [7, 11) is 0. The van der Waals surface area contributed by atoms with Gasteiger partial charge >= 0.3 is 0 Å². The second-order valence-corrected chi connectivity index (χ2v) is 6.02. The molecule has 0 spiro atoms. The first-order valence-electron chi connectivity index (χ1n) is 6.28. The van der Waals surface area contributed by atoms with Crippen LogP contribution in [0.4, 0.5) is 5.69 Å². The Morgan fingerprint density at radius 1 is 1.47 bits per heavy atom. The number of para-hydroxylation sites is 1. The van der Waals surface area contributed by atoms with Gasteiger partial charge in [0.2, 0.25) is 5.91 Å². The zero-order valence-corrected chi connectivity index (χ0v) is 11.7. The number of benzene rings is 1. The van der Waals surface area contributed by atoms with Crippen LogP contribution in [0, 0.1) is 0 Å². The average Bonchev–Trinajstić information content (AvgIpc) is 2.70. The molecule has 1 aromatic rings. The molecular weight excluding hydrogens is 262 g/mol. The number of hydrogen-bond acceptors (Lipinski definition) is 4. The molecule has 1 aromatic carbocycles. The van der Waals surface area contributed by atoms with Gasteiger partial charge in [-0.2, -0.15) is 0 Å². The standard InChI is InChI=1S/C14H17NO3S/c1-10(17)19-12-8-14(18)15(9-12)13-5-3-2-4-11(13)6-7-16/h2-5,12,16H,6-9H2,1H3. The van der Waals surface area contributed by atoms with Crippen molar-refractivity contribution in [1.29, 1.82) is 0 Å². The van der Waals surface area contributed by atoms with E-state index in [1.807, 2.05) is 24.3 Å². The van der Waals surface area contributed by atoms with E-state index >= 15 is 0 Å². The SMILES string of the molecule is CC(=O)SC1CC(=O)N(c2ccccc2CCO)C1. The summed E-state index contributed by atoms with van der Waals surface area (Å²) in [6.07, 6.45) is 0.933. The van der Waals surface area contributed by atoms with Crippen LogP contribution in [0.2, 0.25) is 0 Å². The number of thioether (sulfide) groups is 1. The molecule has 1 atom stereocenters. The minimum Gasteiger partial charge on any atom is -0.396 e. The Balaban J connectivity index is 2.18. The smallest absolute Gasteiger partial charge is 0.228 e. The molecule has 4 nitrogen and oxygen atoms in total. The maximum Gasteiger partial charge on any atom is 0.228 e. The number of nitrogens with zero attached hydrogens (tertiary/aromatic N) is 1. The van der Waals surface area contributed by atoms with Gasteiger partial charge in [0.1, 0.15) is 0 Å². The second kappa shape index (κ2) is 6.21. The molecule has 0 saturated carbocycles. The molecule has 1 N–H and O–H groups in total. The Morgan fingerprint density at radius 2 is 2.21 bits per heavy atom. The number of rotatable bonds is 4. The Morgan fingerprint density at radius 3 is 2.89 bits per heavy atom. The first kappa shape index (κ1) is 14.1. The van der Waals surface area contributed by atoms with E-state index < -0.39 is 0 Å². The van der Waals surface area contributed by atoms with Gasteiger partial charge in [-0.05, 0) is 18.1 Å². The summed E-state index contributed by atoms with van der Waals surface area (Å²) in [5.41, 5.74) is 1.82. The number of aliphatic hydroxyl groups is 1. The largest absolute Gasteiger partial charge is 0.396 e. The van der Waals surface area contributed by atoms with Gasteiger partial charge in [0, 0.05) is 37.4 Å². The zero-order valence-electron chi connectivity index (χ0n) is 10.8. The third-order valence-electron chi connectivity index (χ3n) is 3.09. The second-order valence-electron chi connectivity index (χ2n) is 4.54. The topological polar surface area (TPSA) is 57.6 Å². The van der Waals surface area contributed by atoms with Crippen LogP contribution in [-0.2, 0) is 16.0 Å². The number of carbonyl (C=O) groups excluding carboxylic acids is 2. The minimum absolute atomic E-state index is 0.0344. The molecule has 1 fully saturated rings. The van der Waals surface area contributed by atoms with Crippen molar-refractivity contribution in [2.75, 3.05) is 18.1 Å². The molecule has 0 radical (unpaired) electrons. The summed E-state index contributed by atoms with van der Waals surface area (Å²) in [4.78, 5) is 24.9. The van der Waals surface area contributed by atoms with Gasteiger partial charge in [-0.15, -0.1) is 0 Å². The molecule has 1 aliphatic rings. The molecule has 0 aliphatic carbocycles. The summed E-state index contributed by atoms with van der Waals surface area (Å²) in [5, 5.41) is 9.15. The van der Waals surface area contributed by atoms with Crippen LogP contribution >= 0.6 is 11.8 Å². The summed E-state index contributed by atoms with van der Waals surface area (Å²) >= 11 is 1.23. The fourth-order valence-corrected chi connectivity index (χ4v) is 3.25. The molecule has 2 rings (SSSR count). The molecular formula is C14H17NO3S. The molecule has 0 aromatic heterocycles. The predicted octanol–water partition coefficient (Wildman–Crippen LogP) is 1.61. The molecule has 1 heterocycles. The van der Waals surface area contributed by atoms with Gasteiger partial charge < -0.3 is 10.0 Å². The van der Waals surface area contributed by atoms with E-state index in [1.54, 1.807) is 4.90 Å². The highest BCUT2D eigenvalue weighted by molar-refractivity contribution is 8.14. The van der Waals surface area contributed by atoms with Crippen LogP contribution in [0.1, 0.15) is 18.9 Å². The summed E-state index contributed by atoms with van der Waals surface area (Å²) in [6.45, 7) is 2.15. The molecule has 1 aliphatic heterocycles. The third kappa shape index (κ3) is 3.36. The summed E-state index contributed by atoms with van der Waals surface area (Å²) < 4.78 is 0. The van der Waals surface area contributed by atoms with Gasteiger partial charge in [0.05, 0.1) is 0 Å². The van der Waals surface area contributed by atoms with Crippen molar-refractivity contribution in [2.24, 2.45) is 0 Å². The van der Waals surface area contributed by atoms with Crippen molar-refractivity contribution < 1.29 is 14.7 Å². The first-order valence-corrected chi connectivity index (χ1v) is 7.16. The molecule has 19 heavy (non-hydrogen) atoms. The van der Waals surface area contributed by atoms with Crippen LogP contribution in [0.15, 0.2) is 24.3 Å². The minimum atomic E-state index is 0.0344.